The molecular weight excluding hydrogens is 348 g/mol. The lowest BCUT2D eigenvalue weighted by Gasteiger charge is -2.17. The molecule has 0 aliphatic heterocycles. The van der Waals surface area contributed by atoms with Crippen molar-refractivity contribution in [3.63, 3.8) is 0 Å². The van der Waals surface area contributed by atoms with Crippen molar-refractivity contribution in [3.8, 4) is 16.9 Å². The number of phenolic OH excluding ortho intramolecular Hbond substituents is 1. The number of rotatable bonds is 0. The summed E-state index contributed by atoms with van der Waals surface area (Å²) in [7, 11) is 0. The molecule has 0 unspecified atom stereocenters. The van der Waals surface area contributed by atoms with E-state index < -0.39 is 0 Å². The van der Waals surface area contributed by atoms with E-state index >= 15 is 0 Å². The fraction of sp³-hybridized carbons (Fsp3) is 0. The van der Waals surface area contributed by atoms with Gasteiger partial charge in [0.1, 0.15) is 5.75 Å². The zero-order valence-corrected chi connectivity index (χ0v) is 14.7. The molecule has 0 amide bonds. The van der Waals surface area contributed by atoms with Crippen LogP contribution in [0.2, 0.25) is 0 Å². The normalized spacial score (nSPS) is 12.1. The first-order chi connectivity index (χ1) is 13.5. The first-order valence-corrected chi connectivity index (χ1v) is 9.01. The molecule has 4 N–H and O–H groups in total. The number of fused-ring (bicyclic) bond motifs is 4. The van der Waals surface area contributed by atoms with Crippen molar-refractivity contribution in [2.45, 2.75) is 0 Å². The minimum atomic E-state index is -0.0807. The fourth-order valence-corrected chi connectivity index (χ4v) is 4.58. The Morgan fingerprint density at radius 3 is 2.21 bits per heavy atom. The molecule has 28 heavy (non-hydrogen) atoms. The van der Waals surface area contributed by atoms with E-state index in [9.17, 15) is 9.90 Å². The van der Waals surface area contributed by atoms with Gasteiger partial charge in [-0.1, -0.05) is 24.3 Å². The van der Waals surface area contributed by atoms with Gasteiger partial charge in [0.2, 0.25) is 0 Å². The molecule has 0 atom stereocenters. The summed E-state index contributed by atoms with van der Waals surface area (Å²) < 4.78 is 0. The second kappa shape index (κ2) is 4.87. The predicted molar refractivity (Wildman–Crippen MR) is 114 cm³/mol. The third-order valence-corrected chi connectivity index (χ3v) is 5.80. The summed E-state index contributed by atoms with van der Waals surface area (Å²) in [5, 5.41) is 25.8. The number of benzene rings is 6. The predicted octanol–water partition coefficient (Wildman–Crippen LogP) is 4.41. The van der Waals surface area contributed by atoms with E-state index in [0.717, 1.165) is 32.5 Å². The Labute approximate surface area is 158 Å². The van der Waals surface area contributed by atoms with Crippen molar-refractivity contribution < 1.29 is 5.11 Å². The molecule has 0 saturated carbocycles. The average Bonchev–Trinajstić information content (AvgIpc) is 2.70. The zero-order valence-electron chi connectivity index (χ0n) is 14.7. The molecule has 0 bridgehead atoms. The van der Waals surface area contributed by atoms with E-state index in [1.165, 1.54) is 0 Å². The highest BCUT2D eigenvalue weighted by atomic mass is 16.3. The lowest BCUT2D eigenvalue weighted by Crippen LogP contribution is -2.11. The summed E-state index contributed by atoms with van der Waals surface area (Å²) >= 11 is 0. The molecule has 4 aromatic carbocycles. The van der Waals surface area contributed by atoms with Gasteiger partial charge in [0.05, 0.1) is 5.36 Å². The molecule has 0 saturated heterocycles. The summed E-state index contributed by atoms with van der Waals surface area (Å²) in [4.78, 5) is 13.2. The van der Waals surface area contributed by atoms with Crippen molar-refractivity contribution in [2.24, 2.45) is 0 Å². The van der Waals surface area contributed by atoms with Gasteiger partial charge in [0.25, 0.3) is 0 Å². The van der Waals surface area contributed by atoms with Crippen molar-refractivity contribution in [3.05, 3.63) is 76.2 Å². The molecule has 0 aromatic heterocycles. The summed E-state index contributed by atoms with van der Waals surface area (Å²) in [5.41, 5.74) is 7.84. The monoisotopic (exact) mass is 362 g/mol. The molecule has 0 spiro atoms. The number of hydrogen-bond donors (Lipinski definition) is 3. The van der Waals surface area contributed by atoms with Gasteiger partial charge in [-0.2, -0.15) is 0 Å². The maximum Gasteiger partial charge on any atom is 0.194 e. The van der Waals surface area contributed by atoms with E-state index in [4.69, 9.17) is 11.1 Å². The number of aromatic hydroxyl groups is 1. The topological polar surface area (TPSA) is 87.2 Å². The van der Waals surface area contributed by atoms with Crippen LogP contribution in [0, 0.1) is 5.41 Å². The highest BCUT2D eigenvalue weighted by molar-refractivity contribution is 6.32. The van der Waals surface area contributed by atoms with E-state index in [-0.39, 0.29) is 11.2 Å². The van der Waals surface area contributed by atoms with Crippen LogP contribution in [0.25, 0.3) is 54.2 Å². The van der Waals surface area contributed by atoms with Gasteiger partial charge in [-0.15, -0.1) is 0 Å². The van der Waals surface area contributed by atoms with Gasteiger partial charge >= 0.3 is 0 Å². The molecule has 0 fully saturated rings. The lowest BCUT2D eigenvalue weighted by molar-refractivity contribution is 0.488. The Balaban J connectivity index is 2.01. The third-order valence-electron chi connectivity index (χ3n) is 5.80. The SMILES string of the molecule is N=c1ccc2c3ccc4c(O)c5cc(N)ccc5c5ccc(c(=O)c-2c1)c3c45. The standard InChI is InChI=1S/C24H14N2O2/c25-11-1-3-13-15-5-7-18-22-16(14-4-2-12(26)10-20(14)24(18)28)6-8-17(21(15)22)23(27)19(13)9-11/h1-10,25,28H,26H2. The van der Waals surface area contributed by atoms with Crippen LogP contribution in [-0.4, -0.2) is 5.11 Å². The summed E-state index contributed by atoms with van der Waals surface area (Å²) in [6.45, 7) is 0. The molecule has 2 aliphatic rings. The number of nitrogens with two attached hydrogens (primary N) is 1. The number of hydrogen-bond acceptors (Lipinski definition) is 4. The van der Waals surface area contributed by atoms with Gasteiger partial charge in [0.15, 0.2) is 5.43 Å². The van der Waals surface area contributed by atoms with Crippen LogP contribution in [0.15, 0.2) is 65.5 Å². The minimum absolute atomic E-state index is 0.0807. The molecule has 4 aromatic rings. The highest BCUT2D eigenvalue weighted by Crippen LogP contribution is 2.45. The summed E-state index contributed by atoms with van der Waals surface area (Å²) in [6.07, 6.45) is 0. The van der Waals surface area contributed by atoms with Crippen LogP contribution in [0.4, 0.5) is 5.69 Å². The van der Waals surface area contributed by atoms with Crippen LogP contribution in [0.5, 0.6) is 5.75 Å². The highest BCUT2D eigenvalue weighted by Gasteiger charge is 2.21. The van der Waals surface area contributed by atoms with Gasteiger partial charge < -0.3 is 16.2 Å². The molecule has 4 heteroatoms. The molecule has 4 nitrogen and oxygen atoms in total. The Bertz CT molecular complexity index is 1670. The molecule has 0 heterocycles. The molecule has 6 rings (SSSR count). The van der Waals surface area contributed by atoms with Crippen LogP contribution in [0.1, 0.15) is 0 Å². The van der Waals surface area contributed by atoms with Gasteiger partial charge in [-0.25, -0.2) is 0 Å². The molecular formula is C24H14N2O2. The van der Waals surface area contributed by atoms with Crippen LogP contribution >= 0.6 is 0 Å². The maximum atomic E-state index is 13.2. The van der Waals surface area contributed by atoms with Crippen molar-refractivity contribution >= 4 is 48.8 Å². The first-order valence-electron chi connectivity index (χ1n) is 9.01. The largest absolute Gasteiger partial charge is 0.507 e. The van der Waals surface area contributed by atoms with Crippen LogP contribution in [0.3, 0.4) is 0 Å². The Hall–Kier alpha value is -3.92. The zero-order chi connectivity index (χ0) is 19.2. The van der Waals surface area contributed by atoms with Gasteiger partial charge in [-0.05, 0) is 58.1 Å². The van der Waals surface area contributed by atoms with Crippen molar-refractivity contribution in [1.82, 2.24) is 0 Å². The third kappa shape index (κ3) is 1.70. The summed E-state index contributed by atoms with van der Waals surface area (Å²) in [5.74, 6) is 0.179. The number of nitrogen functional groups attached to an aromatic ring is 1. The lowest BCUT2D eigenvalue weighted by atomic mass is 9.85. The second-order valence-electron chi connectivity index (χ2n) is 7.31. The Kier molecular flexibility index (Phi) is 2.64. The number of nitrogens with one attached hydrogen (secondary N) is 1. The van der Waals surface area contributed by atoms with E-state index in [0.29, 0.717) is 32.8 Å². The van der Waals surface area contributed by atoms with E-state index in [1.807, 2.05) is 42.5 Å². The summed E-state index contributed by atoms with van der Waals surface area (Å²) in [6, 6.07) is 18.3. The first kappa shape index (κ1) is 15.2. The Morgan fingerprint density at radius 2 is 1.36 bits per heavy atom. The smallest absolute Gasteiger partial charge is 0.194 e. The van der Waals surface area contributed by atoms with Crippen molar-refractivity contribution in [1.29, 1.82) is 5.41 Å². The van der Waals surface area contributed by atoms with E-state index in [1.54, 1.807) is 18.2 Å². The molecule has 0 radical (unpaired) electrons. The fourth-order valence-electron chi connectivity index (χ4n) is 4.58. The van der Waals surface area contributed by atoms with Gasteiger partial charge in [-0.3, -0.25) is 4.79 Å². The second-order valence-corrected chi connectivity index (χ2v) is 7.31. The van der Waals surface area contributed by atoms with E-state index in [2.05, 4.69) is 0 Å². The van der Waals surface area contributed by atoms with Crippen molar-refractivity contribution in [2.75, 3.05) is 5.73 Å². The molecule has 2 aliphatic carbocycles. The van der Waals surface area contributed by atoms with Crippen LogP contribution in [-0.2, 0) is 0 Å². The number of phenols is 1. The quantitative estimate of drug-likeness (QED) is 0.212. The Morgan fingerprint density at radius 1 is 0.679 bits per heavy atom. The minimum Gasteiger partial charge on any atom is -0.507 e. The van der Waals surface area contributed by atoms with Crippen LogP contribution < -0.4 is 16.5 Å². The molecule has 132 valence electrons. The average molecular weight is 362 g/mol. The maximum absolute atomic E-state index is 13.2. The van der Waals surface area contributed by atoms with Gasteiger partial charge in [0, 0.05) is 38.2 Å². The number of anilines is 1.